The zero-order valence-corrected chi connectivity index (χ0v) is 8.02. The van der Waals surface area contributed by atoms with Crippen LogP contribution in [-0.4, -0.2) is 13.7 Å². The van der Waals surface area contributed by atoms with E-state index in [-0.39, 0.29) is 5.75 Å². The Morgan fingerprint density at radius 1 is 1.06 bits per heavy atom. The van der Waals surface area contributed by atoms with Gasteiger partial charge in [-0.25, -0.2) is 0 Å². The lowest BCUT2D eigenvalue weighted by Crippen LogP contribution is -2.08. The van der Waals surface area contributed by atoms with E-state index >= 15 is 0 Å². The van der Waals surface area contributed by atoms with Gasteiger partial charge in [-0.05, 0) is 12.1 Å². The summed E-state index contributed by atoms with van der Waals surface area (Å²) in [5.74, 6) is -0.799. The number of alkyl halides is 5. The van der Waals surface area contributed by atoms with Crippen LogP contribution in [0.15, 0.2) is 18.2 Å². The molecule has 0 aliphatic carbocycles. The van der Waals surface area contributed by atoms with Gasteiger partial charge in [0.2, 0.25) is 0 Å². The van der Waals surface area contributed by atoms with Crippen LogP contribution in [0.2, 0.25) is 0 Å². The third kappa shape index (κ3) is 3.25. The molecule has 0 N–H and O–H groups in total. The van der Waals surface area contributed by atoms with Crippen LogP contribution in [0.4, 0.5) is 22.0 Å². The molecular formula is C9H7F5O2. The summed E-state index contributed by atoms with van der Waals surface area (Å²) in [6, 6.07) is 2.12. The summed E-state index contributed by atoms with van der Waals surface area (Å²) in [5.41, 5.74) is -1.11. The minimum Gasteiger partial charge on any atom is -0.497 e. The molecule has 0 heterocycles. The van der Waals surface area contributed by atoms with Crippen LogP contribution in [0, 0.1) is 0 Å². The zero-order chi connectivity index (χ0) is 12.3. The second-order valence-corrected chi connectivity index (χ2v) is 2.77. The van der Waals surface area contributed by atoms with E-state index in [0.717, 1.165) is 13.2 Å². The molecule has 2 nitrogen and oxygen atoms in total. The van der Waals surface area contributed by atoms with Gasteiger partial charge in [0.15, 0.2) is 0 Å². The molecule has 0 aliphatic rings. The van der Waals surface area contributed by atoms with E-state index in [4.69, 9.17) is 0 Å². The molecule has 90 valence electrons. The van der Waals surface area contributed by atoms with Gasteiger partial charge in [-0.2, -0.15) is 22.0 Å². The first-order chi connectivity index (χ1) is 7.32. The van der Waals surface area contributed by atoms with Crippen molar-refractivity contribution in [2.75, 3.05) is 7.11 Å². The van der Waals surface area contributed by atoms with E-state index in [9.17, 15) is 22.0 Å². The van der Waals surface area contributed by atoms with Crippen LogP contribution in [0.25, 0.3) is 0 Å². The van der Waals surface area contributed by atoms with Crippen LogP contribution >= 0.6 is 0 Å². The number of methoxy groups -OCH3 is 1. The van der Waals surface area contributed by atoms with Crippen molar-refractivity contribution in [2.24, 2.45) is 0 Å². The molecule has 0 saturated carbocycles. The maximum absolute atomic E-state index is 12.3. The lowest BCUT2D eigenvalue weighted by atomic mass is 10.2. The maximum atomic E-state index is 12.3. The third-order valence-electron chi connectivity index (χ3n) is 1.67. The standard InChI is InChI=1S/C9H7F5O2/c1-15-6-2-5(9(12,13)14)3-7(4-6)16-8(10)11/h2-4,8H,1H3. The number of halogens is 5. The summed E-state index contributed by atoms with van der Waals surface area (Å²) >= 11 is 0. The molecule has 0 aromatic heterocycles. The lowest BCUT2D eigenvalue weighted by molar-refractivity contribution is -0.138. The van der Waals surface area contributed by atoms with Gasteiger partial charge in [0.25, 0.3) is 0 Å². The average molecular weight is 242 g/mol. The summed E-state index contributed by atoms with van der Waals surface area (Å²) in [6.07, 6.45) is -4.64. The Morgan fingerprint density at radius 2 is 1.62 bits per heavy atom. The number of rotatable bonds is 3. The monoisotopic (exact) mass is 242 g/mol. The van der Waals surface area contributed by atoms with Crippen molar-refractivity contribution in [3.63, 3.8) is 0 Å². The van der Waals surface area contributed by atoms with Crippen molar-refractivity contribution in [1.82, 2.24) is 0 Å². The molecule has 0 bridgehead atoms. The second kappa shape index (κ2) is 4.54. The van der Waals surface area contributed by atoms with Crippen molar-refractivity contribution in [1.29, 1.82) is 0 Å². The van der Waals surface area contributed by atoms with Gasteiger partial charge in [-0.3, -0.25) is 0 Å². The molecule has 7 heteroatoms. The fourth-order valence-corrected chi connectivity index (χ4v) is 1.02. The Balaban J connectivity index is 3.11. The minimum absolute atomic E-state index is 0.203. The van der Waals surface area contributed by atoms with E-state index in [1.54, 1.807) is 0 Å². The first kappa shape index (κ1) is 12.5. The van der Waals surface area contributed by atoms with Gasteiger partial charge in [0.1, 0.15) is 11.5 Å². The lowest BCUT2D eigenvalue weighted by Gasteiger charge is -2.11. The van der Waals surface area contributed by atoms with Gasteiger partial charge in [0, 0.05) is 6.07 Å². The van der Waals surface area contributed by atoms with Gasteiger partial charge in [0.05, 0.1) is 12.7 Å². The van der Waals surface area contributed by atoms with Crippen molar-refractivity contribution in [2.45, 2.75) is 12.8 Å². The predicted octanol–water partition coefficient (Wildman–Crippen LogP) is 3.32. The largest absolute Gasteiger partial charge is 0.497 e. The molecule has 0 saturated heterocycles. The Labute approximate surface area is 87.6 Å². The SMILES string of the molecule is COc1cc(OC(F)F)cc(C(F)(F)F)c1. The van der Waals surface area contributed by atoms with Crippen molar-refractivity contribution in [3.8, 4) is 11.5 Å². The fraction of sp³-hybridized carbons (Fsp3) is 0.333. The summed E-state index contributed by atoms with van der Waals surface area (Å²) < 4.78 is 69.1. The molecule has 1 aromatic rings. The minimum atomic E-state index is -4.64. The highest BCUT2D eigenvalue weighted by Crippen LogP contribution is 2.35. The molecule has 0 unspecified atom stereocenters. The predicted molar refractivity (Wildman–Crippen MR) is 44.6 cm³/mol. The van der Waals surface area contributed by atoms with Gasteiger partial charge < -0.3 is 9.47 Å². The van der Waals surface area contributed by atoms with Gasteiger partial charge in [-0.1, -0.05) is 0 Å². The first-order valence-electron chi connectivity index (χ1n) is 4.04. The molecule has 1 rings (SSSR count). The molecule has 16 heavy (non-hydrogen) atoms. The molecule has 1 aromatic carbocycles. The molecule has 0 fully saturated rings. The Morgan fingerprint density at radius 3 is 2.06 bits per heavy atom. The van der Waals surface area contributed by atoms with E-state index in [0.29, 0.717) is 12.1 Å². The van der Waals surface area contributed by atoms with Crippen molar-refractivity contribution in [3.05, 3.63) is 23.8 Å². The van der Waals surface area contributed by atoms with Crippen LogP contribution in [0.1, 0.15) is 5.56 Å². The number of ether oxygens (including phenoxy) is 2. The Hall–Kier alpha value is -1.53. The smallest absolute Gasteiger partial charge is 0.416 e. The van der Waals surface area contributed by atoms with Crippen molar-refractivity contribution < 1.29 is 31.4 Å². The summed E-state index contributed by atoms with van der Waals surface area (Å²) in [7, 11) is 1.13. The summed E-state index contributed by atoms with van der Waals surface area (Å²) in [6.45, 7) is -3.19. The van der Waals surface area contributed by atoms with Crippen LogP contribution < -0.4 is 9.47 Å². The maximum Gasteiger partial charge on any atom is 0.416 e. The molecule has 0 spiro atoms. The summed E-state index contributed by atoms with van der Waals surface area (Å²) in [5, 5.41) is 0. The number of hydrogen-bond acceptors (Lipinski definition) is 2. The Bertz CT molecular complexity index is 361. The average Bonchev–Trinajstić information content (AvgIpc) is 2.14. The molecule has 0 atom stereocenters. The zero-order valence-electron chi connectivity index (χ0n) is 8.02. The van der Waals surface area contributed by atoms with Crippen molar-refractivity contribution >= 4 is 0 Å². The molecule has 0 radical (unpaired) electrons. The highest BCUT2D eigenvalue weighted by Gasteiger charge is 2.31. The molecule has 0 amide bonds. The van der Waals surface area contributed by atoms with E-state index in [2.05, 4.69) is 9.47 Å². The first-order valence-corrected chi connectivity index (χ1v) is 4.04. The van der Waals surface area contributed by atoms with Gasteiger partial charge in [-0.15, -0.1) is 0 Å². The Kier molecular flexibility index (Phi) is 3.56. The third-order valence-corrected chi connectivity index (χ3v) is 1.67. The summed E-state index contributed by atoms with van der Waals surface area (Å²) in [4.78, 5) is 0. The highest BCUT2D eigenvalue weighted by atomic mass is 19.4. The quantitative estimate of drug-likeness (QED) is 0.757. The second-order valence-electron chi connectivity index (χ2n) is 2.77. The fourth-order valence-electron chi connectivity index (χ4n) is 1.02. The topological polar surface area (TPSA) is 18.5 Å². The number of hydrogen-bond donors (Lipinski definition) is 0. The van der Waals surface area contributed by atoms with E-state index in [1.807, 2.05) is 0 Å². The van der Waals surface area contributed by atoms with Gasteiger partial charge >= 0.3 is 12.8 Å². The van der Waals surface area contributed by atoms with Crippen LogP contribution in [-0.2, 0) is 6.18 Å². The van der Waals surface area contributed by atoms with E-state index in [1.165, 1.54) is 0 Å². The highest BCUT2D eigenvalue weighted by molar-refractivity contribution is 5.39. The van der Waals surface area contributed by atoms with Crippen LogP contribution in [0.5, 0.6) is 11.5 Å². The number of benzene rings is 1. The molecular weight excluding hydrogens is 235 g/mol. The van der Waals surface area contributed by atoms with E-state index < -0.39 is 24.1 Å². The molecule has 0 aliphatic heterocycles. The van der Waals surface area contributed by atoms with Crippen LogP contribution in [0.3, 0.4) is 0 Å². The normalized spacial score (nSPS) is 11.7.